The second-order valence-electron chi connectivity index (χ2n) is 5.77. The third-order valence-corrected chi connectivity index (χ3v) is 3.94. The number of ether oxygens (including phenoxy) is 1. The van der Waals surface area contributed by atoms with Gasteiger partial charge in [-0.2, -0.15) is 0 Å². The van der Waals surface area contributed by atoms with E-state index in [1.54, 1.807) is 62.0 Å². The first-order valence-corrected chi connectivity index (χ1v) is 8.39. The van der Waals surface area contributed by atoms with Crippen LogP contribution in [0.25, 0.3) is 0 Å². The molecular weight excluding hydrogens is 342 g/mol. The van der Waals surface area contributed by atoms with Gasteiger partial charge >= 0.3 is 0 Å². The lowest BCUT2D eigenvalue weighted by molar-refractivity contribution is 0.0951. The molecule has 0 atom stereocenters. The van der Waals surface area contributed by atoms with E-state index in [1.165, 1.54) is 0 Å². The van der Waals surface area contributed by atoms with Gasteiger partial charge in [-0.1, -0.05) is 18.2 Å². The number of methoxy groups -OCH3 is 1. The van der Waals surface area contributed by atoms with Gasteiger partial charge in [0.2, 0.25) is 0 Å². The number of nitrogens with zero attached hydrogens (tertiary/aromatic N) is 1. The van der Waals surface area contributed by atoms with Crippen LogP contribution in [0.4, 0.5) is 5.69 Å². The highest BCUT2D eigenvalue weighted by atomic mass is 16.5. The van der Waals surface area contributed by atoms with Crippen LogP contribution in [0.1, 0.15) is 26.3 Å². The van der Waals surface area contributed by atoms with Crippen LogP contribution < -0.4 is 15.4 Å². The molecular formula is C21H19N3O3. The summed E-state index contributed by atoms with van der Waals surface area (Å²) in [7, 11) is 1.54. The van der Waals surface area contributed by atoms with Gasteiger partial charge in [0, 0.05) is 30.1 Å². The molecule has 2 aromatic carbocycles. The Morgan fingerprint density at radius 1 is 0.926 bits per heavy atom. The smallest absolute Gasteiger partial charge is 0.255 e. The number of pyridine rings is 1. The summed E-state index contributed by atoms with van der Waals surface area (Å²) >= 11 is 0. The van der Waals surface area contributed by atoms with E-state index in [4.69, 9.17) is 4.74 Å². The molecule has 3 rings (SSSR count). The minimum atomic E-state index is -0.316. The third kappa shape index (κ3) is 4.70. The van der Waals surface area contributed by atoms with E-state index in [-0.39, 0.29) is 11.8 Å². The molecule has 27 heavy (non-hydrogen) atoms. The molecule has 0 aliphatic heterocycles. The molecule has 0 bridgehead atoms. The maximum Gasteiger partial charge on any atom is 0.255 e. The Kier molecular flexibility index (Phi) is 5.79. The molecule has 136 valence electrons. The number of hydrogen-bond acceptors (Lipinski definition) is 4. The van der Waals surface area contributed by atoms with Crippen molar-refractivity contribution in [2.75, 3.05) is 12.4 Å². The van der Waals surface area contributed by atoms with Gasteiger partial charge in [0.15, 0.2) is 0 Å². The van der Waals surface area contributed by atoms with Crippen molar-refractivity contribution in [3.05, 3.63) is 89.7 Å². The van der Waals surface area contributed by atoms with E-state index in [9.17, 15) is 9.59 Å². The Bertz CT molecular complexity index is 942. The van der Waals surface area contributed by atoms with Gasteiger partial charge in [-0.25, -0.2) is 0 Å². The summed E-state index contributed by atoms with van der Waals surface area (Å²) in [5.74, 6) is -0.000800. The van der Waals surface area contributed by atoms with Crippen molar-refractivity contribution in [3.8, 4) is 5.75 Å². The summed E-state index contributed by atoms with van der Waals surface area (Å²) in [5.41, 5.74) is 2.31. The zero-order valence-electron chi connectivity index (χ0n) is 14.8. The highest BCUT2D eigenvalue weighted by Crippen LogP contribution is 2.23. The minimum Gasteiger partial charge on any atom is -0.495 e. The molecule has 0 radical (unpaired) electrons. The average Bonchev–Trinajstić information content (AvgIpc) is 2.73. The van der Waals surface area contributed by atoms with Crippen LogP contribution in [0, 0.1) is 0 Å². The molecule has 0 fully saturated rings. The lowest BCUT2D eigenvalue weighted by Crippen LogP contribution is -2.23. The first kappa shape index (κ1) is 18.1. The summed E-state index contributed by atoms with van der Waals surface area (Å²) in [6, 6.07) is 17.4. The van der Waals surface area contributed by atoms with E-state index in [0.717, 1.165) is 5.56 Å². The van der Waals surface area contributed by atoms with Gasteiger partial charge in [0.1, 0.15) is 5.75 Å². The van der Waals surface area contributed by atoms with Crippen molar-refractivity contribution in [1.29, 1.82) is 0 Å². The summed E-state index contributed by atoms with van der Waals surface area (Å²) in [5, 5.41) is 5.63. The number of carbonyl (C=O) groups is 2. The molecule has 0 unspecified atom stereocenters. The average molecular weight is 361 g/mol. The molecule has 0 saturated heterocycles. The second kappa shape index (κ2) is 8.62. The van der Waals surface area contributed by atoms with Gasteiger partial charge in [0.25, 0.3) is 11.8 Å². The number of rotatable bonds is 6. The zero-order chi connectivity index (χ0) is 19.1. The number of aromatic nitrogens is 1. The lowest BCUT2D eigenvalue weighted by atomic mass is 10.1. The Morgan fingerprint density at radius 2 is 1.63 bits per heavy atom. The fourth-order valence-electron chi connectivity index (χ4n) is 2.53. The number of amides is 2. The van der Waals surface area contributed by atoms with Crippen molar-refractivity contribution in [1.82, 2.24) is 10.3 Å². The van der Waals surface area contributed by atoms with Crippen molar-refractivity contribution < 1.29 is 14.3 Å². The van der Waals surface area contributed by atoms with E-state index in [1.807, 2.05) is 18.2 Å². The Balaban J connectivity index is 1.69. The number of benzene rings is 2. The van der Waals surface area contributed by atoms with E-state index in [0.29, 0.717) is 29.1 Å². The van der Waals surface area contributed by atoms with Crippen LogP contribution in [0.2, 0.25) is 0 Å². The quantitative estimate of drug-likeness (QED) is 0.706. The highest BCUT2D eigenvalue weighted by molar-refractivity contribution is 6.06. The monoisotopic (exact) mass is 361 g/mol. The second-order valence-corrected chi connectivity index (χ2v) is 5.77. The summed E-state index contributed by atoms with van der Waals surface area (Å²) in [6.07, 6.45) is 3.34. The van der Waals surface area contributed by atoms with Gasteiger partial charge in [-0.15, -0.1) is 0 Å². The molecule has 0 aliphatic carbocycles. The van der Waals surface area contributed by atoms with Crippen LogP contribution in [-0.2, 0) is 6.54 Å². The number of para-hydroxylation sites is 2. The van der Waals surface area contributed by atoms with Gasteiger partial charge < -0.3 is 15.4 Å². The van der Waals surface area contributed by atoms with E-state index < -0.39 is 0 Å². The summed E-state index contributed by atoms with van der Waals surface area (Å²) in [6.45, 7) is 0.388. The number of carbonyl (C=O) groups excluding carboxylic acids is 2. The first-order chi connectivity index (χ1) is 13.2. The molecule has 1 aromatic heterocycles. The third-order valence-electron chi connectivity index (χ3n) is 3.94. The molecule has 2 N–H and O–H groups in total. The number of hydrogen-bond donors (Lipinski definition) is 2. The molecule has 2 amide bonds. The SMILES string of the molecule is COc1ccccc1NC(=O)c1cccc(C(=O)NCc2ccncc2)c1. The number of nitrogens with one attached hydrogen (secondary N) is 2. The zero-order valence-corrected chi connectivity index (χ0v) is 14.8. The molecule has 0 spiro atoms. The van der Waals surface area contributed by atoms with Crippen LogP contribution in [-0.4, -0.2) is 23.9 Å². The summed E-state index contributed by atoms with van der Waals surface area (Å²) in [4.78, 5) is 28.8. The Morgan fingerprint density at radius 3 is 2.37 bits per heavy atom. The predicted octanol–water partition coefficient (Wildman–Crippen LogP) is 3.27. The van der Waals surface area contributed by atoms with Crippen LogP contribution in [0.15, 0.2) is 73.1 Å². The number of anilines is 1. The van der Waals surface area contributed by atoms with E-state index in [2.05, 4.69) is 15.6 Å². The van der Waals surface area contributed by atoms with Crippen LogP contribution >= 0.6 is 0 Å². The molecule has 3 aromatic rings. The molecule has 1 heterocycles. The fraction of sp³-hybridized carbons (Fsp3) is 0.0952. The minimum absolute atomic E-state index is 0.251. The van der Waals surface area contributed by atoms with E-state index >= 15 is 0 Å². The predicted molar refractivity (Wildman–Crippen MR) is 103 cm³/mol. The Labute approximate surface area is 157 Å². The largest absolute Gasteiger partial charge is 0.495 e. The molecule has 0 saturated carbocycles. The van der Waals surface area contributed by atoms with Crippen molar-refractivity contribution in [2.45, 2.75) is 6.54 Å². The fourth-order valence-corrected chi connectivity index (χ4v) is 2.53. The van der Waals surface area contributed by atoms with Gasteiger partial charge in [-0.05, 0) is 48.0 Å². The Hall–Kier alpha value is -3.67. The van der Waals surface area contributed by atoms with Gasteiger partial charge in [-0.3, -0.25) is 14.6 Å². The lowest BCUT2D eigenvalue weighted by Gasteiger charge is -2.10. The van der Waals surface area contributed by atoms with Crippen LogP contribution in [0.5, 0.6) is 5.75 Å². The standard InChI is InChI=1S/C21H19N3O3/c1-27-19-8-3-2-7-18(19)24-21(26)17-6-4-5-16(13-17)20(25)23-14-15-9-11-22-12-10-15/h2-13H,14H2,1H3,(H,23,25)(H,24,26). The molecule has 6 heteroatoms. The highest BCUT2D eigenvalue weighted by Gasteiger charge is 2.12. The maximum atomic E-state index is 12.5. The first-order valence-electron chi connectivity index (χ1n) is 8.39. The normalized spacial score (nSPS) is 10.1. The summed E-state index contributed by atoms with van der Waals surface area (Å²) < 4.78 is 5.23. The van der Waals surface area contributed by atoms with Crippen molar-refractivity contribution >= 4 is 17.5 Å². The van der Waals surface area contributed by atoms with Crippen molar-refractivity contribution in [2.24, 2.45) is 0 Å². The molecule has 0 aliphatic rings. The van der Waals surface area contributed by atoms with Gasteiger partial charge in [0.05, 0.1) is 12.8 Å². The van der Waals surface area contributed by atoms with Crippen LogP contribution in [0.3, 0.4) is 0 Å². The van der Waals surface area contributed by atoms with Crippen molar-refractivity contribution in [3.63, 3.8) is 0 Å². The topological polar surface area (TPSA) is 80.3 Å². The maximum absolute atomic E-state index is 12.5. The molecule has 6 nitrogen and oxygen atoms in total.